The molecule has 0 bridgehead atoms. The largest absolute Gasteiger partial charge is 0.380 e. The van der Waals surface area contributed by atoms with Crippen LogP contribution < -0.4 is 9.80 Å². The van der Waals surface area contributed by atoms with Crippen LogP contribution in [0.2, 0.25) is 0 Å². The van der Waals surface area contributed by atoms with Crippen molar-refractivity contribution in [3.8, 4) is 0 Å². The van der Waals surface area contributed by atoms with E-state index in [0.717, 1.165) is 22.5 Å². The van der Waals surface area contributed by atoms with Gasteiger partial charge in [0.2, 0.25) is 0 Å². The second kappa shape index (κ2) is 6.41. The number of benzene rings is 2. The molecule has 0 saturated heterocycles. The summed E-state index contributed by atoms with van der Waals surface area (Å²) in [5, 5.41) is 11.2. The molecule has 1 N–H and O–H groups in total. The maximum atomic E-state index is 11.2. The number of aliphatic hydroxyl groups is 1. The third-order valence-corrected chi connectivity index (χ3v) is 4.23. The summed E-state index contributed by atoms with van der Waals surface area (Å²) in [6.07, 6.45) is 0.635. The van der Waals surface area contributed by atoms with Gasteiger partial charge in [0.1, 0.15) is 5.60 Å². The summed E-state index contributed by atoms with van der Waals surface area (Å²) in [6.45, 7) is 2.01. The van der Waals surface area contributed by atoms with Crippen molar-refractivity contribution in [3.05, 3.63) is 59.7 Å². The zero-order valence-corrected chi connectivity index (χ0v) is 14.2. The predicted molar refractivity (Wildman–Crippen MR) is 94.8 cm³/mol. The van der Waals surface area contributed by atoms with E-state index < -0.39 is 5.60 Å². The molecule has 3 nitrogen and oxygen atoms in total. The van der Waals surface area contributed by atoms with Crippen molar-refractivity contribution < 1.29 is 5.11 Å². The fraction of sp³-hybridized carbons (Fsp3) is 0.368. The van der Waals surface area contributed by atoms with Crippen LogP contribution in [0, 0.1) is 0 Å². The second-order valence-corrected chi connectivity index (χ2v) is 6.10. The van der Waals surface area contributed by atoms with Crippen molar-refractivity contribution in [2.24, 2.45) is 0 Å². The molecule has 3 heteroatoms. The minimum Gasteiger partial charge on any atom is -0.380 e. The molecule has 0 radical (unpaired) electrons. The molecule has 22 heavy (non-hydrogen) atoms. The van der Waals surface area contributed by atoms with Crippen LogP contribution in [0.1, 0.15) is 24.5 Å². The molecular weight excluding hydrogens is 272 g/mol. The lowest BCUT2D eigenvalue weighted by Crippen LogP contribution is -2.26. The molecule has 0 unspecified atom stereocenters. The van der Waals surface area contributed by atoms with Gasteiger partial charge in [-0.2, -0.15) is 0 Å². The first-order chi connectivity index (χ1) is 10.4. The van der Waals surface area contributed by atoms with Gasteiger partial charge in [-0.15, -0.1) is 0 Å². The Balaban J connectivity index is 2.38. The Bertz CT molecular complexity index is 549. The van der Waals surface area contributed by atoms with E-state index in [1.165, 1.54) is 0 Å². The monoisotopic (exact) mass is 298 g/mol. The molecule has 0 amide bonds. The number of hydrogen-bond donors (Lipinski definition) is 1. The van der Waals surface area contributed by atoms with Gasteiger partial charge in [0.15, 0.2) is 0 Å². The van der Waals surface area contributed by atoms with Crippen molar-refractivity contribution in [3.63, 3.8) is 0 Å². The summed E-state index contributed by atoms with van der Waals surface area (Å²) in [7, 11) is 8.06. The zero-order valence-electron chi connectivity index (χ0n) is 14.2. The van der Waals surface area contributed by atoms with E-state index >= 15 is 0 Å². The molecule has 118 valence electrons. The van der Waals surface area contributed by atoms with Crippen LogP contribution in [0.4, 0.5) is 11.4 Å². The highest BCUT2D eigenvalue weighted by Gasteiger charge is 2.29. The Hall–Kier alpha value is -2.00. The fourth-order valence-electron chi connectivity index (χ4n) is 2.65. The summed E-state index contributed by atoms with van der Waals surface area (Å²) in [5.74, 6) is 0. The molecular formula is C19H26N2O. The van der Waals surface area contributed by atoms with Gasteiger partial charge in [-0.1, -0.05) is 31.2 Å². The Labute approximate surface area is 133 Å². The number of hydrogen-bond acceptors (Lipinski definition) is 3. The van der Waals surface area contributed by atoms with Gasteiger partial charge in [-0.05, 0) is 41.8 Å². The lowest BCUT2D eigenvalue weighted by Gasteiger charge is -2.29. The van der Waals surface area contributed by atoms with Gasteiger partial charge in [0.25, 0.3) is 0 Å². The van der Waals surface area contributed by atoms with E-state index in [4.69, 9.17) is 0 Å². The fourth-order valence-corrected chi connectivity index (χ4v) is 2.65. The van der Waals surface area contributed by atoms with E-state index in [-0.39, 0.29) is 0 Å². The smallest absolute Gasteiger partial charge is 0.114 e. The summed E-state index contributed by atoms with van der Waals surface area (Å²) in [5.41, 5.74) is 3.17. The normalized spacial score (nSPS) is 11.4. The van der Waals surface area contributed by atoms with Gasteiger partial charge in [0, 0.05) is 39.6 Å². The standard InChI is InChI=1S/C19H26N2O/c1-6-19(22,15-7-11-17(12-8-15)20(2)3)16-9-13-18(14-10-16)21(4)5/h7-14,22H,6H2,1-5H3. The molecule has 0 spiro atoms. The third kappa shape index (κ3) is 3.09. The van der Waals surface area contributed by atoms with E-state index in [0.29, 0.717) is 6.42 Å². The molecule has 0 aliphatic heterocycles. The SMILES string of the molecule is CCC(O)(c1ccc(N(C)C)cc1)c1ccc(N(C)C)cc1. The van der Waals surface area contributed by atoms with Crippen LogP contribution in [-0.2, 0) is 5.60 Å². The first-order valence-corrected chi connectivity index (χ1v) is 7.66. The Kier molecular flexibility index (Phi) is 4.77. The Morgan fingerprint density at radius 1 is 0.727 bits per heavy atom. The Morgan fingerprint density at radius 3 is 1.27 bits per heavy atom. The molecule has 0 fully saturated rings. The van der Waals surface area contributed by atoms with Gasteiger partial charge >= 0.3 is 0 Å². The van der Waals surface area contributed by atoms with Crippen LogP contribution in [0.25, 0.3) is 0 Å². The lowest BCUT2D eigenvalue weighted by atomic mass is 9.84. The highest BCUT2D eigenvalue weighted by molar-refractivity contribution is 5.51. The average molecular weight is 298 g/mol. The van der Waals surface area contributed by atoms with Gasteiger partial charge < -0.3 is 14.9 Å². The maximum absolute atomic E-state index is 11.2. The number of anilines is 2. The predicted octanol–water partition coefficient (Wildman–Crippen LogP) is 3.46. The zero-order chi connectivity index (χ0) is 16.3. The van der Waals surface area contributed by atoms with Crippen LogP contribution in [-0.4, -0.2) is 33.3 Å². The molecule has 2 rings (SSSR count). The first-order valence-electron chi connectivity index (χ1n) is 7.66. The molecule has 2 aromatic rings. The average Bonchev–Trinajstić information content (AvgIpc) is 2.54. The van der Waals surface area contributed by atoms with E-state index in [1.54, 1.807) is 0 Å². The van der Waals surface area contributed by atoms with Crippen LogP contribution in [0.5, 0.6) is 0 Å². The Morgan fingerprint density at radius 2 is 1.05 bits per heavy atom. The minimum atomic E-state index is -0.949. The number of nitrogens with zero attached hydrogens (tertiary/aromatic N) is 2. The molecule has 0 aliphatic carbocycles. The van der Waals surface area contributed by atoms with Crippen molar-refractivity contribution in [1.82, 2.24) is 0 Å². The van der Waals surface area contributed by atoms with Crippen LogP contribution >= 0.6 is 0 Å². The second-order valence-electron chi connectivity index (χ2n) is 6.10. The van der Waals surface area contributed by atoms with Gasteiger partial charge in [-0.25, -0.2) is 0 Å². The van der Waals surface area contributed by atoms with E-state index in [2.05, 4.69) is 9.80 Å². The molecule has 0 heterocycles. The van der Waals surface area contributed by atoms with Crippen LogP contribution in [0.15, 0.2) is 48.5 Å². The van der Waals surface area contributed by atoms with Crippen LogP contribution in [0.3, 0.4) is 0 Å². The highest BCUT2D eigenvalue weighted by Crippen LogP contribution is 2.34. The van der Waals surface area contributed by atoms with E-state index in [1.807, 2.05) is 83.6 Å². The highest BCUT2D eigenvalue weighted by atomic mass is 16.3. The minimum absolute atomic E-state index is 0.635. The van der Waals surface area contributed by atoms with Crippen molar-refractivity contribution in [2.75, 3.05) is 38.0 Å². The van der Waals surface area contributed by atoms with Crippen molar-refractivity contribution in [1.29, 1.82) is 0 Å². The summed E-state index contributed by atoms with van der Waals surface area (Å²) in [6, 6.07) is 16.2. The van der Waals surface area contributed by atoms with Crippen molar-refractivity contribution in [2.45, 2.75) is 18.9 Å². The quantitative estimate of drug-likeness (QED) is 0.915. The lowest BCUT2D eigenvalue weighted by molar-refractivity contribution is 0.0765. The summed E-state index contributed by atoms with van der Waals surface area (Å²) >= 11 is 0. The summed E-state index contributed by atoms with van der Waals surface area (Å²) in [4.78, 5) is 4.11. The maximum Gasteiger partial charge on any atom is 0.114 e. The first kappa shape index (κ1) is 16.4. The van der Waals surface area contributed by atoms with E-state index in [9.17, 15) is 5.11 Å². The van der Waals surface area contributed by atoms with Crippen molar-refractivity contribution >= 4 is 11.4 Å². The number of rotatable bonds is 5. The molecule has 0 aromatic heterocycles. The molecule has 0 atom stereocenters. The third-order valence-electron chi connectivity index (χ3n) is 4.23. The molecule has 0 saturated carbocycles. The van der Waals surface area contributed by atoms with Gasteiger partial charge in [-0.3, -0.25) is 0 Å². The topological polar surface area (TPSA) is 26.7 Å². The molecule has 2 aromatic carbocycles. The van der Waals surface area contributed by atoms with Gasteiger partial charge in [0.05, 0.1) is 0 Å². The summed E-state index contributed by atoms with van der Waals surface area (Å²) < 4.78 is 0. The molecule has 0 aliphatic rings.